The number of benzene rings is 1. The predicted molar refractivity (Wildman–Crippen MR) is 109 cm³/mol. The van der Waals surface area contributed by atoms with E-state index in [-0.39, 0.29) is 12.0 Å². The van der Waals surface area contributed by atoms with Gasteiger partial charge in [0.05, 0.1) is 6.10 Å². The van der Waals surface area contributed by atoms with Crippen LogP contribution in [0.5, 0.6) is 0 Å². The van der Waals surface area contributed by atoms with Crippen LogP contribution in [-0.2, 0) is 19.1 Å². The Hall–Kier alpha value is -2.41. The predicted octanol–water partition coefficient (Wildman–Crippen LogP) is 1.84. The van der Waals surface area contributed by atoms with Gasteiger partial charge in [0.15, 0.2) is 0 Å². The Balaban J connectivity index is 1.81. The number of carbonyl (C=O) groups is 3. The number of piperidine rings is 1. The number of rotatable bonds is 7. The molecule has 3 rings (SSSR count). The van der Waals surface area contributed by atoms with Crippen molar-refractivity contribution in [2.45, 2.75) is 44.8 Å². The highest BCUT2D eigenvalue weighted by molar-refractivity contribution is 6.35. The van der Waals surface area contributed by atoms with Gasteiger partial charge in [0, 0.05) is 39.8 Å². The number of likely N-dealkylation sites (tertiary alicyclic amines) is 1. The zero-order valence-corrected chi connectivity index (χ0v) is 17.4. The quantitative estimate of drug-likeness (QED) is 0.654. The number of ether oxygens (including phenoxy) is 1. The van der Waals surface area contributed by atoms with Crippen molar-refractivity contribution in [3.63, 3.8) is 0 Å². The second kappa shape index (κ2) is 9.87. The lowest BCUT2D eigenvalue weighted by Crippen LogP contribution is -2.58. The van der Waals surface area contributed by atoms with E-state index in [0.29, 0.717) is 32.7 Å². The van der Waals surface area contributed by atoms with Gasteiger partial charge in [-0.05, 0) is 24.8 Å². The molecule has 0 N–H and O–H groups in total. The van der Waals surface area contributed by atoms with E-state index in [2.05, 4.69) is 6.92 Å². The van der Waals surface area contributed by atoms with E-state index < -0.39 is 17.9 Å². The van der Waals surface area contributed by atoms with Crippen molar-refractivity contribution >= 4 is 17.7 Å². The molecule has 2 aliphatic heterocycles. The molecular formula is C22H31N3O4. The minimum absolute atomic E-state index is 0.117. The number of carbonyl (C=O) groups excluding carboxylic acids is 3. The van der Waals surface area contributed by atoms with E-state index in [0.717, 1.165) is 31.2 Å². The van der Waals surface area contributed by atoms with Crippen molar-refractivity contribution in [3.8, 4) is 0 Å². The number of piperazine rings is 1. The molecule has 2 saturated heterocycles. The third-order valence-electron chi connectivity index (χ3n) is 5.87. The Labute approximate surface area is 172 Å². The van der Waals surface area contributed by atoms with E-state index in [1.54, 1.807) is 16.9 Å². The molecular weight excluding hydrogens is 370 g/mol. The summed E-state index contributed by atoms with van der Waals surface area (Å²) in [4.78, 5) is 43.9. The molecule has 0 radical (unpaired) electrons. The molecule has 0 bridgehead atoms. The first kappa shape index (κ1) is 21.3. The van der Waals surface area contributed by atoms with Crippen LogP contribution in [0.25, 0.3) is 0 Å². The molecule has 158 valence electrons. The molecule has 2 fully saturated rings. The van der Waals surface area contributed by atoms with Crippen molar-refractivity contribution in [1.29, 1.82) is 0 Å². The second-order valence-electron chi connectivity index (χ2n) is 7.72. The Morgan fingerprint density at radius 1 is 1.07 bits per heavy atom. The molecule has 7 heteroatoms. The van der Waals surface area contributed by atoms with Crippen molar-refractivity contribution in [2.24, 2.45) is 0 Å². The van der Waals surface area contributed by atoms with E-state index >= 15 is 0 Å². The highest BCUT2D eigenvalue weighted by atomic mass is 16.5. The SMILES string of the molecule is CCCCN1CCN(C(C(=O)N2CCC(OC)CC2)c2ccccc2)C(=O)C1=O. The highest BCUT2D eigenvalue weighted by Crippen LogP contribution is 2.27. The highest BCUT2D eigenvalue weighted by Gasteiger charge is 2.41. The number of unbranched alkanes of at least 4 members (excludes halogenated alkanes) is 1. The average molecular weight is 402 g/mol. The number of methoxy groups -OCH3 is 1. The van der Waals surface area contributed by atoms with Gasteiger partial charge < -0.3 is 19.4 Å². The standard InChI is InChI=1S/C22H31N3O4/c1-3-4-12-23-15-16-25(22(28)21(23)27)19(17-8-6-5-7-9-17)20(26)24-13-10-18(29-2)11-14-24/h5-9,18-19H,3-4,10-16H2,1-2H3. The van der Waals surface area contributed by atoms with Crippen LogP contribution < -0.4 is 0 Å². The molecule has 1 atom stereocenters. The summed E-state index contributed by atoms with van der Waals surface area (Å²) in [5.41, 5.74) is 0.745. The van der Waals surface area contributed by atoms with Crippen LogP contribution in [0, 0.1) is 0 Å². The lowest BCUT2D eigenvalue weighted by atomic mass is 10.00. The second-order valence-corrected chi connectivity index (χ2v) is 7.72. The summed E-state index contributed by atoms with van der Waals surface area (Å²) in [7, 11) is 1.69. The van der Waals surface area contributed by atoms with Crippen molar-refractivity contribution in [3.05, 3.63) is 35.9 Å². The average Bonchev–Trinajstić information content (AvgIpc) is 2.77. The number of hydrogen-bond donors (Lipinski definition) is 0. The first-order valence-corrected chi connectivity index (χ1v) is 10.5. The zero-order valence-electron chi connectivity index (χ0n) is 17.4. The monoisotopic (exact) mass is 401 g/mol. The van der Waals surface area contributed by atoms with Crippen LogP contribution in [0.15, 0.2) is 30.3 Å². The van der Waals surface area contributed by atoms with Gasteiger partial charge in [0.2, 0.25) is 5.91 Å². The third-order valence-corrected chi connectivity index (χ3v) is 5.87. The molecule has 7 nitrogen and oxygen atoms in total. The number of nitrogens with zero attached hydrogens (tertiary/aromatic N) is 3. The Kier molecular flexibility index (Phi) is 7.25. The van der Waals surface area contributed by atoms with Crippen LogP contribution in [0.1, 0.15) is 44.2 Å². The Bertz CT molecular complexity index is 716. The van der Waals surface area contributed by atoms with E-state index in [4.69, 9.17) is 4.74 Å². The maximum Gasteiger partial charge on any atom is 0.313 e. The Morgan fingerprint density at radius 3 is 2.38 bits per heavy atom. The molecule has 1 aromatic rings. The zero-order chi connectivity index (χ0) is 20.8. The summed E-state index contributed by atoms with van der Waals surface area (Å²) in [6, 6.07) is 8.54. The fraction of sp³-hybridized carbons (Fsp3) is 0.591. The van der Waals surface area contributed by atoms with Crippen LogP contribution in [0.3, 0.4) is 0 Å². The molecule has 0 aliphatic carbocycles. The molecule has 1 unspecified atom stereocenters. The van der Waals surface area contributed by atoms with Crippen LogP contribution in [0.2, 0.25) is 0 Å². The third kappa shape index (κ3) is 4.78. The van der Waals surface area contributed by atoms with Gasteiger partial charge in [-0.1, -0.05) is 43.7 Å². The van der Waals surface area contributed by atoms with E-state index in [1.165, 1.54) is 4.90 Å². The van der Waals surface area contributed by atoms with Gasteiger partial charge in [-0.2, -0.15) is 0 Å². The molecule has 0 spiro atoms. The molecule has 1 aromatic carbocycles. The van der Waals surface area contributed by atoms with E-state index in [9.17, 15) is 14.4 Å². The van der Waals surface area contributed by atoms with E-state index in [1.807, 2.05) is 30.3 Å². The van der Waals surface area contributed by atoms with Gasteiger partial charge in [0.25, 0.3) is 0 Å². The smallest absolute Gasteiger partial charge is 0.313 e. The largest absolute Gasteiger partial charge is 0.381 e. The fourth-order valence-electron chi connectivity index (χ4n) is 4.07. The summed E-state index contributed by atoms with van der Waals surface area (Å²) in [6.45, 7) is 4.67. The van der Waals surface area contributed by atoms with Gasteiger partial charge in [-0.15, -0.1) is 0 Å². The first-order chi connectivity index (χ1) is 14.1. The van der Waals surface area contributed by atoms with Crippen LogP contribution in [0.4, 0.5) is 0 Å². The van der Waals surface area contributed by atoms with Crippen LogP contribution >= 0.6 is 0 Å². The molecule has 3 amide bonds. The molecule has 0 aromatic heterocycles. The first-order valence-electron chi connectivity index (χ1n) is 10.5. The molecule has 2 heterocycles. The minimum atomic E-state index is -0.764. The number of hydrogen-bond acceptors (Lipinski definition) is 4. The van der Waals surface area contributed by atoms with Crippen molar-refractivity contribution < 1.29 is 19.1 Å². The normalized spacial score (nSPS) is 19.6. The fourth-order valence-corrected chi connectivity index (χ4v) is 4.07. The van der Waals surface area contributed by atoms with Crippen LogP contribution in [-0.4, -0.2) is 78.4 Å². The lowest BCUT2D eigenvalue weighted by molar-refractivity contribution is -0.161. The van der Waals surface area contributed by atoms with Crippen molar-refractivity contribution in [1.82, 2.24) is 14.7 Å². The van der Waals surface area contributed by atoms with Crippen molar-refractivity contribution in [2.75, 3.05) is 39.8 Å². The summed E-state index contributed by atoms with van der Waals surface area (Å²) in [5.74, 6) is -1.20. The minimum Gasteiger partial charge on any atom is -0.381 e. The topological polar surface area (TPSA) is 70.2 Å². The maximum atomic E-state index is 13.5. The van der Waals surface area contributed by atoms with Gasteiger partial charge in [-0.3, -0.25) is 14.4 Å². The summed E-state index contributed by atoms with van der Waals surface area (Å²) >= 11 is 0. The number of amides is 3. The van der Waals surface area contributed by atoms with Gasteiger partial charge >= 0.3 is 11.8 Å². The lowest BCUT2D eigenvalue weighted by Gasteiger charge is -2.41. The summed E-state index contributed by atoms with van der Waals surface area (Å²) in [5, 5.41) is 0. The maximum absolute atomic E-state index is 13.5. The molecule has 29 heavy (non-hydrogen) atoms. The van der Waals surface area contributed by atoms with Gasteiger partial charge in [0.1, 0.15) is 6.04 Å². The molecule has 0 saturated carbocycles. The Morgan fingerprint density at radius 2 is 1.76 bits per heavy atom. The summed E-state index contributed by atoms with van der Waals surface area (Å²) in [6.07, 6.45) is 3.56. The van der Waals surface area contributed by atoms with Gasteiger partial charge in [-0.25, -0.2) is 0 Å². The molecule has 2 aliphatic rings. The summed E-state index contributed by atoms with van der Waals surface area (Å²) < 4.78 is 5.40.